The molecular formula is C10H9FN4O2S2. The molecule has 4 N–H and O–H groups in total. The molecule has 100 valence electrons. The molecule has 0 aliphatic rings. The van der Waals surface area contributed by atoms with Crippen LogP contribution < -0.4 is 10.5 Å². The number of aromatic nitrogens is 2. The summed E-state index contributed by atoms with van der Waals surface area (Å²) in [5.74, 6) is -0.784. The van der Waals surface area contributed by atoms with E-state index in [9.17, 15) is 12.8 Å². The number of hydrogen-bond acceptors (Lipinski definition) is 4. The fraction of sp³-hybridized carbons (Fsp3) is 0. The minimum atomic E-state index is -4.03. The highest BCUT2D eigenvalue weighted by Crippen LogP contribution is 2.20. The van der Waals surface area contributed by atoms with Crippen molar-refractivity contribution in [2.24, 2.45) is 5.73 Å². The highest BCUT2D eigenvalue weighted by molar-refractivity contribution is 7.93. The van der Waals surface area contributed by atoms with Crippen LogP contribution in [0.2, 0.25) is 0 Å². The molecule has 0 amide bonds. The van der Waals surface area contributed by atoms with Gasteiger partial charge in [-0.3, -0.25) is 0 Å². The minimum Gasteiger partial charge on any atom is -0.389 e. The zero-order valence-corrected chi connectivity index (χ0v) is 11.1. The van der Waals surface area contributed by atoms with E-state index >= 15 is 0 Å². The van der Waals surface area contributed by atoms with E-state index in [2.05, 4.69) is 26.9 Å². The summed E-state index contributed by atoms with van der Waals surface area (Å²) >= 11 is 4.68. The lowest BCUT2D eigenvalue weighted by Crippen LogP contribution is -2.21. The number of aromatic amines is 1. The molecule has 0 unspecified atom stereocenters. The normalized spacial score (nSPS) is 11.2. The first-order valence-corrected chi connectivity index (χ1v) is 6.91. The monoisotopic (exact) mass is 300 g/mol. The molecule has 0 bridgehead atoms. The van der Waals surface area contributed by atoms with Crippen molar-refractivity contribution >= 4 is 33.2 Å². The fourth-order valence-electron chi connectivity index (χ4n) is 1.47. The number of nitrogens with two attached hydrogens (primary N) is 1. The van der Waals surface area contributed by atoms with E-state index < -0.39 is 15.8 Å². The first kappa shape index (κ1) is 13.4. The van der Waals surface area contributed by atoms with Crippen LogP contribution in [0.15, 0.2) is 35.5 Å². The van der Waals surface area contributed by atoms with Crippen LogP contribution >= 0.6 is 12.2 Å². The first-order valence-electron chi connectivity index (χ1n) is 5.02. The second-order valence-electron chi connectivity index (χ2n) is 3.52. The average molecular weight is 300 g/mol. The summed E-state index contributed by atoms with van der Waals surface area (Å²) in [6.45, 7) is 0. The van der Waals surface area contributed by atoms with Gasteiger partial charge in [-0.15, -0.1) is 0 Å². The summed E-state index contributed by atoms with van der Waals surface area (Å²) < 4.78 is 40.0. The van der Waals surface area contributed by atoms with E-state index in [1.54, 1.807) is 0 Å². The van der Waals surface area contributed by atoms with Crippen LogP contribution in [0, 0.1) is 5.82 Å². The van der Waals surface area contributed by atoms with Crippen LogP contribution in [-0.4, -0.2) is 23.4 Å². The Labute approximate surface area is 113 Å². The third-order valence-electron chi connectivity index (χ3n) is 2.24. The highest BCUT2D eigenvalue weighted by Gasteiger charge is 2.23. The molecule has 0 spiro atoms. The number of imidazole rings is 1. The maximum atomic E-state index is 13.6. The second-order valence-corrected chi connectivity index (χ2v) is 5.61. The smallest absolute Gasteiger partial charge is 0.264 e. The third kappa shape index (κ3) is 2.71. The van der Waals surface area contributed by atoms with E-state index in [0.29, 0.717) is 0 Å². The highest BCUT2D eigenvalue weighted by atomic mass is 32.2. The van der Waals surface area contributed by atoms with Gasteiger partial charge in [0.1, 0.15) is 15.7 Å². The molecule has 0 aliphatic carbocycles. The number of sulfonamides is 1. The topological polar surface area (TPSA) is 101 Å². The number of halogens is 1. The average Bonchev–Trinajstić information content (AvgIpc) is 2.80. The van der Waals surface area contributed by atoms with Gasteiger partial charge in [0.25, 0.3) is 10.0 Å². The third-order valence-corrected chi connectivity index (χ3v) is 3.83. The number of rotatable bonds is 4. The number of anilines is 1. The molecule has 0 atom stereocenters. The predicted octanol–water partition coefficient (Wildman–Crippen LogP) is 0.984. The standard InChI is InChI=1S/C10H9FN4O2S2/c11-6-2-1-3-7(8(6)9(12)18)19(16,17)15-10-13-4-5-14-10/h1-5H,(H2,12,18)(H2,13,14,15). The van der Waals surface area contributed by atoms with Crippen LogP contribution in [0.3, 0.4) is 0 Å². The van der Waals surface area contributed by atoms with Gasteiger partial charge < -0.3 is 10.7 Å². The van der Waals surface area contributed by atoms with E-state index in [-0.39, 0.29) is 21.4 Å². The lowest BCUT2D eigenvalue weighted by atomic mass is 10.2. The first-order chi connectivity index (χ1) is 8.92. The van der Waals surface area contributed by atoms with Gasteiger partial charge in [0, 0.05) is 12.4 Å². The Morgan fingerprint density at radius 3 is 2.79 bits per heavy atom. The van der Waals surface area contributed by atoms with E-state index in [1.165, 1.54) is 24.5 Å². The Morgan fingerprint density at radius 1 is 1.47 bits per heavy atom. The molecule has 1 heterocycles. The van der Waals surface area contributed by atoms with Crippen molar-refractivity contribution in [2.75, 3.05) is 4.72 Å². The Kier molecular flexibility index (Phi) is 3.49. The van der Waals surface area contributed by atoms with Crippen LogP contribution in [-0.2, 0) is 10.0 Å². The van der Waals surface area contributed by atoms with Crippen molar-refractivity contribution in [3.63, 3.8) is 0 Å². The number of H-pyrrole nitrogens is 1. The number of hydrogen-bond donors (Lipinski definition) is 3. The zero-order chi connectivity index (χ0) is 14.0. The van der Waals surface area contributed by atoms with E-state index in [4.69, 9.17) is 5.73 Å². The maximum Gasteiger partial charge on any atom is 0.264 e. The molecule has 0 aliphatic heterocycles. The van der Waals surface area contributed by atoms with Gasteiger partial charge in [-0.2, -0.15) is 0 Å². The summed E-state index contributed by atoms with van der Waals surface area (Å²) in [6, 6.07) is 3.55. The molecule has 1 aromatic carbocycles. The summed E-state index contributed by atoms with van der Waals surface area (Å²) in [5.41, 5.74) is 5.04. The molecule has 1 aromatic heterocycles. The molecule has 0 saturated heterocycles. The van der Waals surface area contributed by atoms with Crippen LogP contribution in [0.25, 0.3) is 0 Å². The minimum absolute atomic E-state index is 0.0122. The Balaban J connectivity index is 2.52. The summed E-state index contributed by atoms with van der Waals surface area (Å²) in [4.78, 5) is 5.62. The van der Waals surface area contributed by atoms with Crippen molar-refractivity contribution in [1.82, 2.24) is 9.97 Å². The molecule has 2 rings (SSSR count). The Bertz CT molecular complexity index is 713. The van der Waals surface area contributed by atoms with Crippen molar-refractivity contribution in [2.45, 2.75) is 4.90 Å². The van der Waals surface area contributed by atoms with Crippen LogP contribution in [0.5, 0.6) is 0 Å². The summed E-state index contributed by atoms with van der Waals surface area (Å²) in [5, 5.41) is 0. The Morgan fingerprint density at radius 2 is 2.21 bits per heavy atom. The lowest BCUT2D eigenvalue weighted by molar-refractivity contribution is 0.594. The van der Waals surface area contributed by atoms with Gasteiger partial charge in [0.05, 0.1) is 5.56 Å². The van der Waals surface area contributed by atoms with Crippen molar-refractivity contribution in [3.05, 3.63) is 42.0 Å². The van der Waals surface area contributed by atoms with Gasteiger partial charge in [-0.25, -0.2) is 22.5 Å². The fourth-order valence-corrected chi connectivity index (χ4v) is 2.95. The Hall–Kier alpha value is -2.00. The molecule has 6 nitrogen and oxygen atoms in total. The quantitative estimate of drug-likeness (QED) is 0.731. The molecule has 0 fully saturated rings. The lowest BCUT2D eigenvalue weighted by Gasteiger charge is -2.10. The zero-order valence-electron chi connectivity index (χ0n) is 9.42. The number of nitrogens with zero attached hydrogens (tertiary/aromatic N) is 1. The van der Waals surface area contributed by atoms with Crippen LogP contribution in [0.1, 0.15) is 5.56 Å². The van der Waals surface area contributed by atoms with Crippen molar-refractivity contribution in [3.8, 4) is 0 Å². The molecular weight excluding hydrogens is 291 g/mol. The van der Waals surface area contributed by atoms with Gasteiger partial charge in [0.2, 0.25) is 5.95 Å². The van der Waals surface area contributed by atoms with E-state index in [1.807, 2.05) is 0 Å². The van der Waals surface area contributed by atoms with Gasteiger partial charge in [-0.05, 0) is 12.1 Å². The number of benzene rings is 1. The number of thiocarbonyl (C=S) groups is 1. The van der Waals surface area contributed by atoms with Crippen molar-refractivity contribution < 1.29 is 12.8 Å². The van der Waals surface area contributed by atoms with Gasteiger partial charge in [0.15, 0.2) is 0 Å². The predicted molar refractivity (Wildman–Crippen MR) is 71.7 cm³/mol. The molecule has 2 aromatic rings. The van der Waals surface area contributed by atoms with Crippen LogP contribution in [0.4, 0.5) is 10.3 Å². The van der Waals surface area contributed by atoms with Gasteiger partial charge >= 0.3 is 0 Å². The summed E-state index contributed by atoms with van der Waals surface area (Å²) in [6.07, 6.45) is 2.82. The van der Waals surface area contributed by atoms with E-state index in [0.717, 1.165) is 6.07 Å². The summed E-state index contributed by atoms with van der Waals surface area (Å²) in [7, 11) is -4.03. The maximum absolute atomic E-state index is 13.6. The van der Waals surface area contributed by atoms with Crippen molar-refractivity contribution in [1.29, 1.82) is 0 Å². The molecule has 19 heavy (non-hydrogen) atoms. The largest absolute Gasteiger partial charge is 0.389 e. The molecule has 0 saturated carbocycles. The molecule has 9 heteroatoms. The number of nitrogens with one attached hydrogen (secondary N) is 2. The molecule has 0 radical (unpaired) electrons. The van der Waals surface area contributed by atoms with Gasteiger partial charge in [-0.1, -0.05) is 18.3 Å². The second kappa shape index (κ2) is 4.94. The SMILES string of the molecule is NC(=S)c1c(F)cccc1S(=O)(=O)Nc1ncc[nH]1.